The third-order valence-corrected chi connectivity index (χ3v) is 20.9. The van der Waals surface area contributed by atoms with E-state index in [-0.39, 0.29) is 0 Å². The highest BCUT2D eigenvalue weighted by atomic mass is 14.2. The van der Waals surface area contributed by atoms with E-state index in [0.717, 1.165) is 0 Å². The molecule has 0 bridgehead atoms. The fourth-order valence-electron chi connectivity index (χ4n) is 15.5. The van der Waals surface area contributed by atoms with Crippen molar-refractivity contribution >= 4 is 140 Å². The lowest BCUT2D eigenvalue weighted by atomic mass is 9.92. The molecule has 106 heavy (non-hydrogen) atoms. The molecular weight excluding hydrogens is 1270 g/mol. The molecule has 516 valence electrons. The van der Waals surface area contributed by atoms with Crippen LogP contribution in [0.25, 0.3) is 140 Å². The van der Waals surface area contributed by atoms with Crippen molar-refractivity contribution in [2.75, 3.05) is 0 Å². The van der Waals surface area contributed by atoms with Crippen molar-refractivity contribution in [1.82, 2.24) is 0 Å². The standard InChI is InChI=1S/3C17H12.2C15H12.C9H12.2C8H10/c1-11-10-14-6-2-4-12-8-9-13-5-3-7-15(11)17(13)16(12)14;1-11-9-14-7-5-12-3-2-4-13-6-8-15(10-11)17(14)16(12)13;1-11-5-6-14-8-7-12-3-2-4-13-9-10-15(11)17(14)16(12)13;1-11-6-9-15-13(10-11)8-7-12-4-2-3-5-14(12)15;1-11-6-7-13-9-8-12-4-2-3-5-14(12)15(13)10-11;1-7-4-8(2)6-9(3)5-7;1-7-3-5-8(2)6-4-7;1-7-5-3-4-6-8(7)2/h3*2-10H,1H3;2*2-10H,1H3;4-6H,1-3H3;2*3-6H,1-2H3. The molecule has 21 aromatic carbocycles. The molecule has 0 aliphatic carbocycles. The Bertz CT molecular complexity index is 6410. The summed E-state index contributed by atoms with van der Waals surface area (Å²) in [6.07, 6.45) is 0. The van der Waals surface area contributed by atoms with Crippen LogP contribution in [-0.2, 0) is 0 Å². The van der Waals surface area contributed by atoms with Gasteiger partial charge in [-0.15, -0.1) is 0 Å². The second-order valence-corrected chi connectivity index (χ2v) is 29.2. The summed E-state index contributed by atoms with van der Waals surface area (Å²) >= 11 is 0. The van der Waals surface area contributed by atoms with Crippen LogP contribution in [0, 0.1) is 83.1 Å². The molecule has 0 unspecified atom stereocenters. The molecule has 0 heterocycles. The molecule has 0 atom stereocenters. The minimum atomic E-state index is 1.31. The molecule has 0 N–H and O–H groups in total. The minimum absolute atomic E-state index is 1.31. The molecule has 0 aromatic heterocycles. The smallest absolute Gasteiger partial charge is 0.00241 e. The number of hydrogen-bond donors (Lipinski definition) is 0. The summed E-state index contributed by atoms with van der Waals surface area (Å²) in [7, 11) is 0. The molecule has 0 aliphatic heterocycles. The van der Waals surface area contributed by atoms with E-state index in [9.17, 15) is 0 Å². The molecule has 0 saturated heterocycles. The summed E-state index contributed by atoms with van der Waals surface area (Å²) in [5.41, 5.74) is 16.1. The van der Waals surface area contributed by atoms with Crippen molar-refractivity contribution in [3.63, 3.8) is 0 Å². The van der Waals surface area contributed by atoms with Crippen LogP contribution in [0.2, 0.25) is 0 Å². The van der Waals surface area contributed by atoms with E-state index < -0.39 is 0 Å². The number of rotatable bonds is 0. The van der Waals surface area contributed by atoms with E-state index in [4.69, 9.17) is 0 Å². The van der Waals surface area contributed by atoms with Gasteiger partial charge in [-0.1, -0.05) is 379 Å². The molecule has 0 radical (unpaired) electrons. The summed E-state index contributed by atoms with van der Waals surface area (Å²) in [6.45, 7) is 25.6. The Labute approximate surface area is 625 Å². The quantitative estimate of drug-likeness (QED) is 0.133. The minimum Gasteiger partial charge on any atom is -0.0620 e. The van der Waals surface area contributed by atoms with Gasteiger partial charge in [-0.25, -0.2) is 0 Å². The van der Waals surface area contributed by atoms with Gasteiger partial charge in [0.2, 0.25) is 0 Å². The number of fused-ring (bicyclic) bond motifs is 6. The fourth-order valence-corrected chi connectivity index (χ4v) is 15.5. The zero-order valence-corrected chi connectivity index (χ0v) is 63.3. The lowest BCUT2D eigenvalue weighted by Crippen LogP contribution is -1.85. The van der Waals surface area contributed by atoms with Crippen LogP contribution in [0.15, 0.2) is 340 Å². The van der Waals surface area contributed by atoms with E-state index in [0.29, 0.717) is 0 Å². The summed E-state index contributed by atoms with van der Waals surface area (Å²) in [5.74, 6) is 0. The van der Waals surface area contributed by atoms with Crippen LogP contribution in [0.3, 0.4) is 0 Å². The zero-order chi connectivity index (χ0) is 73.5. The Kier molecular flexibility index (Phi) is 21.0. The van der Waals surface area contributed by atoms with Crippen molar-refractivity contribution in [2.24, 2.45) is 0 Å². The molecule has 0 nitrogen and oxygen atoms in total. The Morgan fingerprint density at radius 2 is 0.377 bits per heavy atom. The monoisotopic (exact) mass is 1360 g/mol. The first-order valence-electron chi connectivity index (χ1n) is 37.3. The molecule has 0 fully saturated rings. The van der Waals surface area contributed by atoms with Crippen molar-refractivity contribution in [3.05, 3.63) is 406 Å². The Hall–Kier alpha value is -12.2. The predicted octanol–water partition coefficient (Wildman–Crippen LogP) is 30.5. The highest BCUT2D eigenvalue weighted by Gasteiger charge is 2.12. The van der Waals surface area contributed by atoms with Gasteiger partial charge in [0.1, 0.15) is 0 Å². The molecule has 0 saturated carbocycles. The third kappa shape index (κ3) is 15.5. The zero-order valence-electron chi connectivity index (χ0n) is 63.3. The third-order valence-electron chi connectivity index (χ3n) is 20.9. The average Bonchev–Trinajstić information content (AvgIpc) is 0.753. The summed E-state index contributed by atoms with van der Waals surface area (Å²) in [6, 6.07) is 122. The maximum atomic E-state index is 2.30. The molecule has 21 rings (SSSR count). The van der Waals surface area contributed by atoms with E-state index in [1.807, 2.05) is 0 Å². The van der Waals surface area contributed by atoms with Gasteiger partial charge in [-0.3, -0.25) is 0 Å². The molecule has 0 amide bonds. The number of hydrogen-bond acceptors (Lipinski definition) is 0. The van der Waals surface area contributed by atoms with Crippen LogP contribution in [0.5, 0.6) is 0 Å². The molecule has 21 aromatic rings. The first kappa shape index (κ1) is 70.8. The lowest BCUT2D eigenvalue weighted by Gasteiger charge is -2.12. The SMILES string of the molecule is Cc1cc(C)cc(C)c1.Cc1cc2ccc3cccc4ccc(c1)c2c34.Cc1cc2cccc3ccc4cccc1c4c32.Cc1ccc(C)cc1.Cc1ccc2c(ccc3ccccc32)c1.Cc1ccc2ccc3cccc4ccc1c2c34.Cc1ccc2ccc3ccccc3c2c1.Cc1ccccc1C. The van der Waals surface area contributed by atoms with Gasteiger partial charge < -0.3 is 0 Å². The Morgan fingerprint density at radius 3 is 0.896 bits per heavy atom. The van der Waals surface area contributed by atoms with Crippen LogP contribution in [-0.4, -0.2) is 0 Å². The Morgan fingerprint density at radius 1 is 0.113 bits per heavy atom. The van der Waals surface area contributed by atoms with Gasteiger partial charge in [0.05, 0.1) is 0 Å². The summed E-state index contributed by atoms with van der Waals surface area (Å²) < 4.78 is 0. The van der Waals surface area contributed by atoms with Gasteiger partial charge in [0, 0.05) is 0 Å². The average molecular weight is 1370 g/mol. The van der Waals surface area contributed by atoms with Gasteiger partial charge in [0.15, 0.2) is 0 Å². The molecule has 0 spiro atoms. The van der Waals surface area contributed by atoms with Crippen molar-refractivity contribution < 1.29 is 0 Å². The first-order valence-corrected chi connectivity index (χ1v) is 37.3. The molecule has 0 aliphatic rings. The predicted molar refractivity (Wildman–Crippen MR) is 470 cm³/mol. The van der Waals surface area contributed by atoms with E-state index in [2.05, 4.69) is 423 Å². The van der Waals surface area contributed by atoms with Gasteiger partial charge >= 0.3 is 0 Å². The van der Waals surface area contributed by atoms with E-state index in [1.54, 1.807) is 0 Å². The number of benzene rings is 21. The van der Waals surface area contributed by atoms with Gasteiger partial charge in [0.25, 0.3) is 0 Å². The topological polar surface area (TPSA) is 0 Å². The highest BCUT2D eigenvalue weighted by molar-refractivity contribution is 6.26. The fraction of sp³-hybridized carbons (Fsp3) is 0.113. The van der Waals surface area contributed by atoms with Gasteiger partial charge in [-0.2, -0.15) is 0 Å². The number of aryl methyl sites for hydroxylation is 12. The lowest BCUT2D eigenvalue weighted by molar-refractivity contribution is 1.32. The van der Waals surface area contributed by atoms with Crippen molar-refractivity contribution in [3.8, 4) is 0 Å². The summed E-state index contributed by atoms with van der Waals surface area (Å²) in [4.78, 5) is 0. The van der Waals surface area contributed by atoms with Crippen LogP contribution in [0.4, 0.5) is 0 Å². The van der Waals surface area contributed by atoms with Crippen LogP contribution in [0.1, 0.15) is 66.8 Å². The second kappa shape index (κ2) is 31.4. The van der Waals surface area contributed by atoms with Gasteiger partial charge in [-0.05, 0) is 251 Å². The molecule has 0 heteroatoms. The van der Waals surface area contributed by atoms with E-state index in [1.165, 1.54) is 207 Å². The largest absolute Gasteiger partial charge is 0.0620 e. The molecular formula is C106H92. The maximum absolute atomic E-state index is 2.30. The second-order valence-electron chi connectivity index (χ2n) is 29.2. The maximum Gasteiger partial charge on any atom is -0.00241 e. The van der Waals surface area contributed by atoms with Crippen molar-refractivity contribution in [2.45, 2.75) is 83.1 Å². The summed E-state index contributed by atoms with van der Waals surface area (Å²) in [5, 5.41) is 35.3. The van der Waals surface area contributed by atoms with E-state index >= 15 is 0 Å². The highest BCUT2D eigenvalue weighted by Crippen LogP contribution is 2.39. The normalized spacial score (nSPS) is 11.0. The first-order chi connectivity index (χ1) is 51.5. The van der Waals surface area contributed by atoms with Crippen molar-refractivity contribution in [1.29, 1.82) is 0 Å². The van der Waals surface area contributed by atoms with Crippen LogP contribution >= 0.6 is 0 Å². The Balaban J connectivity index is 0.000000103. The van der Waals surface area contributed by atoms with Crippen LogP contribution < -0.4 is 0 Å².